The largest absolute Gasteiger partial charge is 0.416 e. The van der Waals surface area contributed by atoms with E-state index in [1.54, 1.807) is 0 Å². The second-order valence-corrected chi connectivity index (χ2v) is 6.47. The molecule has 1 aromatic carbocycles. The number of alkyl halides is 3. The van der Waals surface area contributed by atoms with E-state index in [2.05, 4.69) is 23.9 Å². The summed E-state index contributed by atoms with van der Waals surface area (Å²) in [6, 6.07) is 3.38. The van der Waals surface area contributed by atoms with Crippen LogP contribution in [0.1, 0.15) is 43.0 Å². The molecule has 0 saturated heterocycles. The number of nitrogens with zero attached hydrogens (tertiary/aromatic N) is 3. The summed E-state index contributed by atoms with van der Waals surface area (Å²) < 4.78 is 39.7. The van der Waals surface area contributed by atoms with E-state index in [0.29, 0.717) is 5.56 Å². The Kier molecular flexibility index (Phi) is 6.64. The number of nitrogens with two attached hydrogens (primary N) is 1. The highest BCUT2D eigenvalue weighted by Crippen LogP contribution is 2.38. The van der Waals surface area contributed by atoms with Crippen LogP contribution in [0.25, 0.3) is 5.69 Å². The van der Waals surface area contributed by atoms with E-state index in [-0.39, 0.29) is 33.7 Å². The zero-order valence-corrected chi connectivity index (χ0v) is 15.8. The molecule has 2 rings (SSSR count). The number of anilines is 1. The Hall–Kier alpha value is -2.35. The quantitative estimate of drug-likeness (QED) is 0.538. The predicted octanol–water partition coefficient (Wildman–Crippen LogP) is 5.39. The zero-order chi connectivity index (χ0) is 20.2. The molecule has 27 heavy (non-hydrogen) atoms. The lowest BCUT2D eigenvalue weighted by atomic mass is 10.1. The van der Waals surface area contributed by atoms with Crippen LogP contribution in [-0.4, -0.2) is 9.78 Å². The summed E-state index contributed by atoms with van der Waals surface area (Å²) in [6.07, 6.45) is -1.71. The predicted molar refractivity (Wildman–Crippen MR) is 98.7 cm³/mol. The first-order valence-corrected chi connectivity index (χ1v) is 8.76. The van der Waals surface area contributed by atoms with Crippen molar-refractivity contribution in [1.82, 2.24) is 9.78 Å². The van der Waals surface area contributed by atoms with Crippen LogP contribution < -0.4 is 5.73 Å². The van der Waals surface area contributed by atoms with Crippen molar-refractivity contribution in [3.05, 3.63) is 39.0 Å². The van der Waals surface area contributed by atoms with E-state index in [1.807, 2.05) is 6.07 Å². The normalized spacial score (nSPS) is 11.0. The third-order valence-corrected chi connectivity index (χ3v) is 4.31. The van der Waals surface area contributed by atoms with Crippen LogP contribution in [0.5, 0.6) is 0 Å². The summed E-state index contributed by atoms with van der Waals surface area (Å²) in [4.78, 5) is 0. The van der Waals surface area contributed by atoms with Crippen LogP contribution in [0.15, 0.2) is 12.1 Å². The second kappa shape index (κ2) is 8.56. The Balaban J connectivity index is 2.48. The minimum absolute atomic E-state index is 0.0179. The fraction of sp³-hybridized carbons (Fsp3) is 0.333. The smallest absolute Gasteiger partial charge is 0.383 e. The van der Waals surface area contributed by atoms with Crippen molar-refractivity contribution in [2.45, 2.75) is 38.8 Å². The molecule has 0 spiro atoms. The molecule has 0 aliphatic rings. The molecule has 0 amide bonds. The van der Waals surface area contributed by atoms with Gasteiger partial charge in [-0.25, -0.2) is 4.68 Å². The summed E-state index contributed by atoms with van der Waals surface area (Å²) in [5.41, 5.74) is 5.44. The SMILES string of the molecule is CCCCC#CCc1c(C#N)nn(-c2c(Cl)cc(C(F)(F)F)cc2Cl)c1N. The molecule has 2 aromatic rings. The minimum Gasteiger partial charge on any atom is -0.383 e. The molecule has 0 aliphatic carbocycles. The number of nitrogen functional groups attached to an aromatic ring is 1. The van der Waals surface area contributed by atoms with E-state index >= 15 is 0 Å². The van der Waals surface area contributed by atoms with Crippen LogP contribution in [0, 0.1) is 23.2 Å². The standard InChI is InChI=1S/C18H15Cl2F3N4/c1-2-3-4-5-6-7-12-15(10-24)26-27(17(12)25)16-13(19)8-11(9-14(16)20)18(21,22)23/h8-9H,2-4,7,25H2,1H3. The highest BCUT2D eigenvalue weighted by molar-refractivity contribution is 6.38. The van der Waals surface area contributed by atoms with Gasteiger partial charge in [0.1, 0.15) is 17.6 Å². The molecule has 0 bridgehead atoms. The van der Waals surface area contributed by atoms with Crippen LogP contribution in [0.2, 0.25) is 10.0 Å². The number of benzene rings is 1. The van der Waals surface area contributed by atoms with Gasteiger partial charge in [-0.2, -0.15) is 23.5 Å². The van der Waals surface area contributed by atoms with E-state index < -0.39 is 11.7 Å². The lowest BCUT2D eigenvalue weighted by Crippen LogP contribution is -2.08. The van der Waals surface area contributed by atoms with Crippen molar-refractivity contribution >= 4 is 29.0 Å². The maximum absolute atomic E-state index is 12.9. The Morgan fingerprint density at radius 1 is 1.22 bits per heavy atom. The van der Waals surface area contributed by atoms with Crippen molar-refractivity contribution in [1.29, 1.82) is 5.26 Å². The number of nitriles is 1. The lowest BCUT2D eigenvalue weighted by Gasteiger charge is -2.13. The van der Waals surface area contributed by atoms with Crippen molar-refractivity contribution in [3.63, 3.8) is 0 Å². The maximum atomic E-state index is 12.9. The molecule has 0 fully saturated rings. The summed E-state index contributed by atoms with van der Waals surface area (Å²) in [5.74, 6) is 5.96. The first-order chi connectivity index (χ1) is 12.7. The molecule has 9 heteroatoms. The van der Waals surface area contributed by atoms with Gasteiger partial charge in [0, 0.05) is 18.4 Å². The molecule has 2 N–H and O–H groups in total. The zero-order valence-electron chi connectivity index (χ0n) is 14.3. The van der Waals surface area contributed by atoms with E-state index in [1.165, 1.54) is 0 Å². The van der Waals surface area contributed by atoms with Gasteiger partial charge in [-0.15, -0.1) is 5.92 Å². The van der Waals surface area contributed by atoms with E-state index in [0.717, 1.165) is 36.1 Å². The average molecular weight is 415 g/mol. The molecule has 1 heterocycles. The molecular formula is C18H15Cl2F3N4. The highest BCUT2D eigenvalue weighted by Gasteiger charge is 2.32. The van der Waals surface area contributed by atoms with Gasteiger partial charge in [0.05, 0.1) is 15.6 Å². The maximum Gasteiger partial charge on any atom is 0.416 e. The van der Waals surface area contributed by atoms with E-state index in [4.69, 9.17) is 28.9 Å². The van der Waals surface area contributed by atoms with Crippen LogP contribution >= 0.6 is 23.2 Å². The summed E-state index contributed by atoms with van der Waals surface area (Å²) >= 11 is 12.0. The molecule has 0 saturated carbocycles. The first-order valence-electron chi connectivity index (χ1n) is 8.00. The number of halogens is 5. The Morgan fingerprint density at radius 3 is 2.37 bits per heavy atom. The van der Waals surface area contributed by atoms with Gasteiger partial charge >= 0.3 is 6.18 Å². The minimum atomic E-state index is -4.60. The van der Waals surface area contributed by atoms with Gasteiger partial charge in [0.15, 0.2) is 5.69 Å². The Morgan fingerprint density at radius 2 is 1.85 bits per heavy atom. The Bertz CT molecular complexity index is 923. The Labute approximate surface area is 164 Å². The number of hydrogen-bond donors (Lipinski definition) is 1. The molecule has 0 aliphatic heterocycles. The monoisotopic (exact) mass is 414 g/mol. The number of aromatic nitrogens is 2. The van der Waals surface area contributed by atoms with Gasteiger partial charge in [0.25, 0.3) is 0 Å². The van der Waals surface area contributed by atoms with Crippen LogP contribution in [0.4, 0.5) is 19.0 Å². The van der Waals surface area contributed by atoms with Crippen LogP contribution in [0.3, 0.4) is 0 Å². The second-order valence-electron chi connectivity index (χ2n) is 5.66. The highest BCUT2D eigenvalue weighted by atomic mass is 35.5. The molecule has 142 valence electrons. The van der Waals surface area contributed by atoms with Crippen molar-refractivity contribution in [2.24, 2.45) is 0 Å². The van der Waals surface area contributed by atoms with Gasteiger partial charge in [-0.3, -0.25) is 0 Å². The first kappa shape index (κ1) is 21.0. The van der Waals surface area contributed by atoms with Gasteiger partial charge < -0.3 is 5.73 Å². The van der Waals surface area contributed by atoms with E-state index in [9.17, 15) is 18.4 Å². The van der Waals surface area contributed by atoms with Gasteiger partial charge in [-0.1, -0.05) is 42.5 Å². The molecule has 4 nitrogen and oxygen atoms in total. The topological polar surface area (TPSA) is 67.6 Å². The molecule has 1 aromatic heterocycles. The molecule has 0 atom stereocenters. The number of rotatable bonds is 4. The number of hydrogen-bond acceptors (Lipinski definition) is 3. The van der Waals surface area contributed by atoms with Crippen molar-refractivity contribution in [3.8, 4) is 23.6 Å². The van der Waals surface area contributed by atoms with Crippen molar-refractivity contribution in [2.75, 3.05) is 5.73 Å². The molecule has 0 unspecified atom stereocenters. The lowest BCUT2D eigenvalue weighted by molar-refractivity contribution is -0.137. The fourth-order valence-electron chi connectivity index (χ4n) is 2.33. The third kappa shape index (κ3) is 4.68. The third-order valence-electron chi connectivity index (χ3n) is 3.73. The summed E-state index contributed by atoms with van der Waals surface area (Å²) in [5, 5.41) is 12.8. The van der Waals surface area contributed by atoms with Gasteiger partial charge in [-0.05, 0) is 18.6 Å². The van der Waals surface area contributed by atoms with Crippen molar-refractivity contribution < 1.29 is 13.2 Å². The number of unbranched alkanes of at least 4 members (excludes halogenated alkanes) is 2. The average Bonchev–Trinajstić information content (AvgIpc) is 2.89. The van der Waals surface area contributed by atoms with Crippen LogP contribution in [-0.2, 0) is 12.6 Å². The molecular weight excluding hydrogens is 400 g/mol. The molecule has 0 radical (unpaired) electrons. The fourth-order valence-corrected chi connectivity index (χ4v) is 2.98. The summed E-state index contributed by atoms with van der Waals surface area (Å²) in [6.45, 7) is 2.05. The van der Waals surface area contributed by atoms with Gasteiger partial charge in [0.2, 0.25) is 0 Å². The summed E-state index contributed by atoms with van der Waals surface area (Å²) in [7, 11) is 0.